The first-order valence-corrected chi connectivity index (χ1v) is 22.8. The lowest BCUT2D eigenvalue weighted by Gasteiger charge is -2.15. The fraction of sp³-hybridized carbons (Fsp3) is 0.694. The summed E-state index contributed by atoms with van der Waals surface area (Å²) in [5.74, 6) is -1.34. The van der Waals surface area contributed by atoms with Gasteiger partial charge in [0.15, 0.2) is 0 Å². The van der Waals surface area contributed by atoms with Crippen LogP contribution in [0.1, 0.15) is 200 Å². The minimum absolute atomic E-state index is 0.101. The summed E-state index contributed by atoms with van der Waals surface area (Å²) >= 11 is 0. The van der Waals surface area contributed by atoms with Gasteiger partial charge in [0.1, 0.15) is 12.1 Å². The lowest BCUT2D eigenvalue weighted by Crippen LogP contribution is -2.40. The minimum Gasteiger partial charge on any atom is -0.480 e. The maximum absolute atomic E-state index is 12.8. The number of hydrogen-bond donors (Lipinski definition) is 3. The van der Waals surface area contributed by atoms with E-state index in [1.807, 2.05) is 0 Å². The zero-order valence-corrected chi connectivity index (χ0v) is 36.0. The van der Waals surface area contributed by atoms with Crippen LogP contribution in [0.25, 0.3) is 0 Å². The number of esters is 1. The fourth-order valence-corrected chi connectivity index (χ4v) is 6.33. The predicted octanol–water partition coefficient (Wildman–Crippen LogP) is 13.1. The van der Waals surface area contributed by atoms with Gasteiger partial charge in [-0.3, -0.25) is 9.59 Å². The molecule has 0 radical (unpaired) electrons. The van der Waals surface area contributed by atoms with Crippen molar-refractivity contribution in [3.8, 4) is 0 Å². The van der Waals surface area contributed by atoms with Gasteiger partial charge in [0, 0.05) is 12.8 Å². The topological polar surface area (TPSA) is 119 Å². The quantitative estimate of drug-likeness (QED) is 0.0324. The summed E-state index contributed by atoms with van der Waals surface area (Å²) < 4.78 is 5.93. The van der Waals surface area contributed by atoms with Gasteiger partial charge in [-0.15, -0.1) is 0 Å². The summed E-state index contributed by atoms with van der Waals surface area (Å²) in [7, 11) is 0. The van der Waals surface area contributed by atoms with Gasteiger partial charge in [0.25, 0.3) is 0 Å². The third-order valence-corrected chi connectivity index (χ3v) is 9.74. The molecule has 4 N–H and O–H groups in total. The standard InChI is InChI=1S/C49H84N2O5/c1-3-5-7-9-11-13-14-15-16-17-18-19-20-21-22-23-24-25-26-27-29-31-37-43-48(53)56-45(39-34-30-28-12-10-8-6-4-2)40-35-32-33-36-42-47(52)51-46(49(54)55)41-38-44-50/h5,7,11,13,15-16,18-19,21-22,34,39,45-46H,3-4,6,8-10,12,14,17,20,23-33,35-38,40-44,50H2,1-2H3,(H,51,52)(H,54,55)/b7-5-,13-11-,16-15-,19-18-,22-21-,39-34-. The van der Waals surface area contributed by atoms with Crippen LogP contribution in [0.5, 0.6) is 0 Å². The molecule has 2 unspecified atom stereocenters. The summed E-state index contributed by atoms with van der Waals surface area (Å²) in [4.78, 5) is 36.4. The van der Waals surface area contributed by atoms with E-state index in [1.165, 1.54) is 70.6 Å². The van der Waals surface area contributed by atoms with Crippen molar-refractivity contribution < 1.29 is 24.2 Å². The van der Waals surface area contributed by atoms with E-state index in [0.29, 0.717) is 38.6 Å². The highest BCUT2D eigenvalue weighted by atomic mass is 16.5. The minimum atomic E-state index is -1.02. The van der Waals surface area contributed by atoms with Crippen molar-refractivity contribution >= 4 is 17.8 Å². The van der Waals surface area contributed by atoms with Crippen LogP contribution in [0.15, 0.2) is 72.9 Å². The van der Waals surface area contributed by atoms with Gasteiger partial charge in [-0.05, 0) is 109 Å². The van der Waals surface area contributed by atoms with Crippen LogP contribution in [-0.4, -0.2) is 41.6 Å². The predicted molar refractivity (Wildman–Crippen MR) is 239 cm³/mol. The summed E-state index contributed by atoms with van der Waals surface area (Å²) in [5.41, 5.74) is 5.48. The molecule has 0 fully saturated rings. The maximum Gasteiger partial charge on any atom is 0.326 e. The van der Waals surface area contributed by atoms with E-state index < -0.39 is 12.0 Å². The van der Waals surface area contributed by atoms with Crippen LogP contribution in [-0.2, 0) is 19.1 Å². The highest BCUT2D eigenvalue weighted by Crippen LogP contribution is 2.16. The van der Waals surface area contributed by atoms with Crippen LogP contribution < -0.4 is 11.1 Å². The molecule has 0 aliphatic rings. The number of rotatable bonds is 40. The number of carbonyl (C=O) groups is 3. The number of nitrogens with two attached hydrogens (primary N) is 1. The summed E-state index contributed by atoms with van der Waals surface area (Å²) in [5, 5.41) is 11.9. The molecule has 0 spiro atoms. The average Bonchev–Trinajstić information content (AvgIpc) is 3.18. The molecule has 7 nitrogen and oxygen atoms in total. The van der Waals surface area contributed by atoms with Gasteiger partial charge in [-0.1, -0.05) is 158 Å². The average molecular weight is 781 g/mol. The summed E-state index contributed by atoms with van der Waals surface area (Å²) in [6.07, 6.45) is 55.4. The van der Waals surface area contributed by atoms with Crippen molar-refractivity contribution in [1.29, 1.82) is 0 Å². The SMILES string of the molecule is CC/C=C\C/C=C\C/C=C\C/C=C\C/C=C\CCCCCCCCCC(=O)OC(/C=C\CCCCCCCC)CCCCCCC(=O)NC(CCCN)C(=O)O. The Morgan fingerprint density at radius 2 is 1.04 bits per heavy atom. The number of unbranched alkanes of at least 4 members (excludes halogenated alkanes) is 16. The van der Waals surface area contributed by atoms with E-state index in [-0.39, 0.29) is 18.0 Å². The molecule has 0 aliphatic heterocycles. The van der Waals surface area contributed by atoms with Crippen LogP contribution in [0.3, 0.4) is 0 Å². The number of allylic oxidation sites excluding steroid dienone is 11. The Kier molecular flexibility index (Phi) is 40.5. The molecule has 2 atom stereocenters. The van der Waals surface area contributed by atoms with Crippen molar-refractivity contribution in [2.24, 2.45) is 5.73 Å². The Morgan fingerprint density at radius 1 is 0.554 bits per heavy atom. The van der Waals surface area contributed by atoms with Crippen LogP contribution in [0, 0.1) is 0 Å². The van der Waals surface area contributed by atoms with Crippen LogP contribution >= 0.6 is 0 Å². The van der Waals surface area contributed by atoms with E-state index in [0.717, 1.165) is 83.5 Å². The van der Waals surface area contributed by atoms with Crippen LogP contribution in [0.4, 0.5) is 0 Å². The summed E-state index contributed by atoms with van der Waals surface area (Å²) in [6.45, 7) is 4.80. The number of nitrogens with one attached hydrogen (secondary N) is 1. The Morgan fingerprint density at radius 3 is 1.59 bits per heavy atom. The van der Waals surface area contributed by atoms with Gasteiger partial charge in [0.05, 0.1) is 0 Å². The first kappa shape index (κ1) is 52.8. The number of hydrogen-bond acceptors (Lipinski definition) is 5. The molecule has 320 valence electrons. The maximum atomic E-state index is 12.8. The molecule has 0 bridgehead atoms. The fourth-order valence-electron chi connectivity index (χ4n) is 6.33. The third-order valence-electron chi connectivity index (χ3n) is 9.74. The largest absolute Gasteiger partial charge is 0.480 e. The third kappa shape index (κ3) is 39.1. The normalized spacial score (nSPS) is 13.3. The van der Waals surface area contributed by atoms with E-state index in [1.54, 1.807) is 0 Å². The van der Waals surface area contributed by atoms with Crippen molar-refractivity contribution in [2.75, 3.05) is 6.54 Å². The van der Waals surface area contributed by atoms with E-state index >= 15 is 0 Å². The zero-order valence-electron chi connectivity index (χ0n) is 36.0. The number of ether oxygens (including phenoxy) is 1. The number of amides is 1. The molecular formula is C49H84N2O5. The molecular weight excluding hydrogens is 697 g/mol. The van der Waals surface area contributed by atoms with E-state index in [9.17, 15) is 19.5 Å². The number of aliphatic carboxylic acids is 1. The second kappa shape index (κ2) is 42.9. The lowest BCUT2D eigenvalue weighted by molar-refractivity contribution is -0.147. The Balaban J connectivity index is 4.20. The van der Waals surface area contributed by atoms with E-state index in [2.05, 4.69) is 92.1 Å². The first-order valence-electron chi connectivity index (χ1n) is 22.8. The molecule has 0 saturated carbocycles. The molecule has 0 aliphatic carbocycles. The molecule has 7 heteroatoms. The van der Waals surface area contributed by atoms with Gasteiger partial charge in [-0.25, -0.2) is 4.79 Å². The molecule has 0 aromatic heterocycles. The lowest BCUT2D eigenvalue weighted by atomic mass is 10.1. The van der Waals surface area contributed by atoms with Gasteiger partial charge < -0.3 is 20.9 Å². The molecule has 0 aromatic carbocycles. The van der Waals surface area contributed by atoms with E-state index in [4.69, 9.17) is 10.5 Å². The highest BCUT2D eigenvalue weighted by molar-refractivity contribution is 5.83. The zero-order chi connectivity index (χ0) is 41.0. The number of carboxylic acids is 1. The first-order chi connectivity index (χ1) is 27.4. The molecule has 0 rings (SSSR count). The molecule has 1 amide bonds. The summed E-state index contributed by atoms with van der Waals surface area (Å²) in [6, 6.07) is -0.874. The smallest absolute Gasteiger partial charge is 0.326 e. The highest BCUT2D eigenvalue weighted by Gasteiger charge is 2.19. The molecule has 0 heterocycles. The molecule has 0 saturated heterocycles. The number of carboxylic acid groups (broad SMARTS) is 1. The van der Waals surface area contributed by atoms with Crippen molar-refractivity contribution in [1.82, 2.24) is 5.32 Å². The van der Waals surface area contributed by atoms with Gasteiger partial charge in [-0.2, -0.15) is 0 Å². The van der Waals surface area contributed by atoms with Gasteiger partial charge in [0.2, 0.25) is 5.91 Å². The van der Waals surface area contributed by atoms with Crippen LogP contribution in [0.2, 0.25) is 0 Å². The van der Waals surface area contributed by atoms with Crippen molar-refractivity contribution in [3.63, 3.8) is 0 Å². The Hall–Kier alpha value is -3.19. The molecule has 0 aromatic rings. The molecule has 56 heavy (non-hydrogen) atoms. The Bertz CT molecular complexity index is 1110. The van der Waals surface area contributed by atoms with Crippen molar-refractivity contribution in [2.45, 2.75) is 212 Å². The monoisotopic (exact) mass is 781 g/mol. The van der Waals surface area contributed by atoms with Gasteiger partial charge >= 0.3 is 11.9 Å². The second-order valence-corrected chi connectivity index (χ2v) is 15.1. The van der Waals surface area contributed by atoms with Crippen molar-refractivity contribution in [3.05, 3.63) is 72.9 Å². The Labute approximate surface area is 343 Å². The number of carbonyl (C=O) groups excluding carboxylic acids is 2. The second-order valence-electron chi connectivity index (χ2n) is 15.1.